The van der Waals surface area contributed by atoms with E-state index in [1.54, 1.807) is 18.2 Å². The molecule has 6 nitrogen and oxygen atoms in total. The number of carbonyl (C=O) groups excluding carboxylic acids is 1. The lowest BCUT2D eigenvalue weighted by molar-refractivity contribution is 0.0631. The number of aliphatic hydroxyl groups is 1. The van der Waals surface area contributed by atoms with Crippen molar-refractivity contribution in [1.29, 1.82) is 0 Å². The van der Waals surface area contributed by atoms with Crippen molar-refractivity contribution in [2.45, 2.75) is 12.1 Å². The van der Waals surface area contributed by atoms with E-state index in [1.807, 2.05) is 6.07 Å². The average Bonchev–Trinajstić information content (AvgIpc) is 3.17. The molecule has 0 saturated carbocycles. The lowest BCUT2D eigenvalue weighted by Gasteiger charge is -2.19. The van der Waals surface area contributed by atoms with Crippen molar-refractivity contribution in [1.82, 2.24) is 20.1 Å². The van der Waals surface area contributed by atoms with Crippen LogP contribution in [-0.2, 0) is 0 Å². The van der Waals surface area contributed by atoms with Crippen molar-refractivity contribution < 1.29 is 14.3 Å². The minimum absolute atomic E-state index is 0.0745. The Morgan fingerprint density at radius 3 is 3.05 bits per heavy atom. The Labute approximate surface area is 120 Å². The SMILES string of the molecule is O=C(c1cccc(-c2ncn[nH]2)c1)N1CCC(F)(CO)C1. The van der Waals surface area contributed by atoms with E-state index in [-0.39, 0.29) is 18.9 Å². The predicted molar refractivity (Wildman–Crippen MR) is 73.3 cm³/mol. The Kier molecular flexibility index (Phi) is 3.42. The maximum Gasteiger partial charge on any atom is 0.253 e. The van der Waals surface area contributed by atoms with Crippen LogP contribution in [-0.4, -0.2) is 56.5 Å². The van der Waals surface area contributed by atoms with E-state index in [4.69, 9.17) is 5.11 Å². The molecule has 21 heavy (non-hydrogen) atoms. The molecule has 2 heterocycles. The number of hydrogen-bond donors (Lipinski definition) is 2. The zero-order chi connectivity index (χ0) is 14.9. The van der Waals surface area contributed by atoms with Gasteiger partial charge >= 0.3 is 0 Å². The maximum absolute atomic E-state index is 14.0. The Balaban J connectivity index is 1.81. The second-order valence-electron chi connectivity index (χ2n) is 5.20. The molecule has 0 spiro atoms. The monoisotopic (exact) mass is 290 g/mol. The Hall–Kier alpha value is -2.28. The van der Waals surface area contributed by atoms with Crippen molar-refractivity contribution in [2.75, 3.05) is 19.7 Å². The third kappa shape index (κ3) is 2.64. The molecule has 1 aliphatic heterocycles. The van der Waals surface area contributed by atoms with E-state index >= 15 is 0 Å². The third-order valence-corrected chi connectivity index (χ3v) is 3.67. The van der Waals surface area contributed by atoms with Gasteiger partial charge in [0.25, 0.3) is 5.91 Å². The van der Waals surface area contributed by atoms with Gasteiger partial charge in [0, 0.05) is 24.1 Å². The van der Waals surface area contributed by atoms with Gasteiger partial charge in [0.05, 0.1) is 13.2 Å². The molecule has 2 N–H and O–H groups in total. The van der Waals surface area contributed by atoms with Crippen molar-refractivity contribution in [2.24, 2.45) is 0 Å². The van der Waals surface area contributed by atoms with E-state index in [0.717, 1.165) is 5.56 Å². The van der Waals surface area contributed by atoms with Gasteiger partial charge < -0.3 is 10.0 Å². The van der Waals surface area contributed by atoms with Gasteiger partial charge in [-0.2, -0.15) is 5.10 Å². The van der Waals surface area contributed by atoms with Crippen LogP contribution in [0.5, 0.6) is 0 Å². The first-order chi connectivity index (χ1) is 10.1. The molecular formula is C14H15FN4O2. The average molecular weight is 290 g/mol. The summed E-state index contributed by atoms with van der Waals surface area (Å²) in [6, 6.07) is 6.93. The van der Waals surface area contributed by atoms with E-state index in [1.165, 1.54) is 11.2 Å². The molecular weight excluding hydrogens is 275 g/mol. The zero-order valence-corrected chi connectivity index (χ0v) is 11.3. The molecule has 1 aromatic heterocycles. The van der Waals surface area contributed by atoms with Crippen LogP contribution in [0.15, 0.2) is 30.6 Å². The summed E-state index contributed by atoms with van der Waals surface area (Å²) in [5.74, 6) is 0.325. The van der Waals surface area contributed by atoms with Gasteiger partial charge in [-0.1, -0.05) is 12.1 Å². The number of carbonyl (C=O) groups is 1. The van der Waals surface area contributed by atoms with E-state index < -0.39 is 12.3 Å². The van der Waals surface area contributed by atoms with Crippen molar-refractivity contribution in [3.8, 4) is 11.4 Å². The number of aliphatic hydroxyl groups excluding tert-OH is 1. The first-order valence-corrected chi connectivity index (χ1v) is 6.66. The number of amides is 1. The van der Waals surface area contributed by atoms with Crippen LogP contribution in [0.25, 0.3) is 11.4 Å². The number of halogens is 1. The normalized spacial score (nSPS) is 21.7. The topological polar surface area (TPSA) is 82.1 Å². The molecule has 1 aromatic carbocycles. The van der Waals surface area contributed by atoms with Gasteiger partial charge in [-0.05, 0) is 12.1 Å². The van der Waals surface area contributed by atoms with E-state index in [9.17, 15) is 9.18 Å². The van der Waals surface area contributed by atoms with Gasteiger partial charge in [0.1, 0.15) is 6.33 Å². The summed E-state index contributed by atoms with van der Waals surface area (Å²) in [5, 5.41) is 15.5. The highest BCUT2D eigenvalue weighted by atomic mass is 19.1. The second-order valence-corrected chi connectivity index (χ2v) is 5.20. The minimum Gasteiger partial charge on any atom is -0.393 e. The minimum atomic E-state index is -1.68. The van der Waals surface area contributed by atoms with Gasteiger partial charge in [0.2, 0.25) is 0 Å². The fourth-order valence-corrected chi connectivity index (χ4v) is 2.46. The molecule has 1 aliphatic rings. The van der Waals surface area contributed by atoms with Crippen LogP contribution < -0.4 is 0 Å². The molecule has 1 amide bonds. The lowest BCUT2D eigenvalue weighted by atomic mass is 10.1. The van der Waals surface area contributed by atoms with Crippen LogP contribution in [0.1, 0.15) is 16.8 Å². The summed E-state index contributed by atoms with van der Waals surface area (Å²) < 4.78 is 14.0. The number of aromatic amines is 1. The summed E-state index contributed by atoms with van der Waals surface area (Å²) in [4.78, 5) is 17.9. The molecule has 0 bridgehead atoms. The van der Waals surface area contributed by atoms with Crippen molar-refractivity contribution in [3.63, 3.8) is 0 Å². The lowest BCUT2D eigenvalue weighted by Crippen LogP contribution is -2.35. The number of nitrogens with zero attached hydrogens (tertiary/aromatic N) is 3. The third-order valence-electron chi connectivity index (χ3n) is 3.67. The molecule has 3 rings (SSSR count). The number of H-pyrrole nitrogens is 1. The molecule has 1 fully saturated rings. The van der Waals surface area contributed by atoms with E-state index in [2.05, 4.69) is 15.2 Å². The number of nitrogens with one attached hydrogen (secondary N) is 1. The highest BCUT2D eigenvalue weighted by molar-refractivity contribution is 5.95. The molecule has 2 aromatic rings. The first kappa shape index (κ1) is 13.7. The van der Waals surface area contributed by atoms with Crippen molar-refractivity contribution in [3.05, 3.63) is 36.2 Å². The maximum atomic E-state index is 14.0. The number of hydrogen-bond acceptors (Lipinski definition) is 4. The largest absolute Gasteiger partial charge is 0.393 e. The van der Waals surface area contributed by atoms with Crippen LogP contribution in [0, 0.1) is 0 Å². The van der Waals surface area contributed by atoms with Crippen molar-refractivity contribution >= 4 is 5.91 Å². The van der Waals surface area contributed by atoms with Gasteiger partial charge in [0.15, 0.2) is 11.5 Å². The molecule has 1 atom stereocenters. The van der Waals surface area contributed by atoms with Crippen LogP contribution in [0.3, 0.4) is 0 Å². The van der Waals surface area contributed by atoms with E-state index in [0.29, 0.717) is 17.9 Å². The zero-order valence-electron chi connectivity index (χ0n) is 11.3. The predicted octanol–water partition coefficient (Wildman–Crippen LogP) is 1.02. The number of benzene rings is 1. The molecule has 0 aliphatic carbocycles. The summed E-state index contributed by atoms with van der Waals surface area (Å²) in [6.07, 6.45) is 1.56. The quantitative estimate of drug-likeness (QED) is 0.884. The smallest absolute Gasteiger partial charge is 0.253 e. The van der Waals surface area contributed by atoms with Crippen LogP contribution >= 0.6 is 0 Å². The first-order valence-electron chi connectivity index (χ1n) is 6.66. The fourth-order valence-electron chi connectivity index (χ4n) is 2.46. The number of alkyl halides is 1. The number of likely N-dealkylation sites (tertiary alicyclic amines) is 1. The molecule has 110 valence electrons. The standard InChI is InChI=1S/C14H15FN4O2/c15-14(8-20)4-5-19(7-14)13(21)11-3-1-2-10(6-11)12-16-9-17-18-12/h1-3,6,9,20H,4-5,7-8H2,(H,16,17,18). The van der Waals surface area contributed by atoms with Gasteiger partial charge in [-0.25, -0.2) is 9.37 Å². The Morgan fingerprint density at radius 2 is 2.38 bits per heavy atom. The van der Waals surface area contributed by atoms with Crippen LogP contribution in [0.2, 0.25) is 0 Å². The van der Waals surface area contributed by atoms with Gasteiger partial charge in [-0.15, -0.1) is 0 Å². The summed E-state index contributed by atoms with van der Waals surface area (Å²) in [6.45, 7) is -0.327. The highest BCUT2D eigenvalue weighted by Crippen LogP contribution is 2.27. The summed E-state index contributed by atoms with van der Waals surface area (Å²) in [5.41, 5.74) is -0.477. The second kappa shape index (κ2) is 5.25. The fraction of sp³-hybridized carbons (Fsp3) is 0.357. The van der Waals surface area contributed by atoms with Gasteiger partial charge in [-0.3, -0.25) is 9.89 Å². The molecule has 7 heteroatoms. The highest BCUT2D eigenvalue weighted by Gasteiger charge is 2.39. The summed E-state index contributed by atoms with van der Waals surface area (Å²) >= 11 is 0. The number of rotatable bonds is 3. The number of aromatic nitrogens is 3. The molecule has 0 radical (unpaired) electrons. The molecule has 1 saturated heterocycles. The van der Waals surface area contributed by atoms with Crippen LogP contribution in [0.4, 0.5) is 4.39 Å². The molecule has 1 unspecified atom stereocenters. The Bertz CT molecular complexity index is 646. The summed E-state index contributed by atoms with van der Waals surface area (Å²) in [7, 11) is 0. The Morgan fingerprint density at radius 1 is 1.52 bits per heavy atom.